The molecule has 30 heavy (non-hydrogen) atoms. The van der Waals surface area contributed by atoms with Gasteiger partial charge in [0.2, 0.25) is 5.91 Å². The van der Waals surface area contributed by atoms with Crippen LogP contribution in [0.2, 0.25) is 0 Å². The van der Waals surface area contributed by atoms with Crippen molar-refractivity contribution in [3.63, 3.8) is 0 Å². The Morgan fingerprint density at radius 3 is 2.57 bits per heavy atom. The zero-order chi connectivity index (χ0) is 21.9. The molecule has 2 rings (SSSR count). The summed E-state index contributed by atoms with van der Waals surface area (Å²) >= 11 is 1.33. The molecular formula is C23H34N2O4S. The van der Waals surface area contributed by atoms with Crippen LogP contribution in [0.25, 0.3) is 0 Å². The van der Waals surface area contributed by atoms with E-state index < -0.39 is 5.97 Å². The van der Waals surface area contributed by atoms with E-state index in [4.69, 9.17) is 4.74 Å². The first kappa shape index (κ1) is 24.3. The van der Waals surface area contributed by atoms with E-state index in [0.29, 0.717) is 29.0 Å². The smallest absolute Gasteiger partial charge is 0.339 e. The van der Waals surface area contributed by atoms with E-state index in [2.05, 4.69) is 19.2 Å². The Morgan fingerprint density at radius 2 is 1.87 bits per heavy atom. The zero-order valence-electron chi connectivity index (χ0n) is 18.3. The van der Waals surface area contributed by atoms with Crippen molar-refractivity contribution in [1.82, 2.24) is 10.2 Å². The Hall–Kier alpha value is -2.02. The molecule has 6 nitrogen and oxygen atoms in total. The summed E-state index contributed by atoms with van der Waals surface area (Å²) in [7, 11) is 1.87. The van der Waals surface area contributed by atoms with Gasteiger partial charge < -0.3 is 15.0 Å². The third kappa shape index (κ3) is 8.01. The highest BCUT2D eigenvalue weighted by Crippen LogP contribution is 2.26. The van der Waals surface area contributed by atoms with Crippen LogP contribution < -0.4 is 5.32 Å². The van der Waals surface area contributed by atoms with E-state index >= 15 is 0 Å². The standard InChI is InChI=1S/C23H34N2O4S/c1-17(2)13-14-24-21(26)15-29-23(28)19-11-7-8-12-20(19)30-16-22(27)25(3)18-9-5-4-6-10-18/h7-8,11-12,17-18H,4-6,9-10,13-16H2,1-3H3,(H,24,26). The maximum atomic E-state index is 12.6. The van der Waals surface area contributed by atoms with Crippen molar-refractivity contribution in [2.45, 2.75) is 63.3 Å². The lowest BCUT2D eigenvalue weighted by Gasteiger charge is -2.31. The number of ether oxygens (including phenoxy) is 1. The molecule has 1 aromatic rings. The SMILES string of the molecule is CC(C)CCNC(=O)COC(=O)c1ccccc1SCC(=O)N(C)C1CCCCC1. The second-order valence-electron chi connectivity index (χ2n) is 8.19. The predicted molar refractivity (Wildman–Crippen MR) is 120 cm³/mol. The van der Waals surface area contributed by atoms with Crippen molar-refractivity contribution in [2.75, 3.05) is 26.0 Å². The molecule has 166 valence electrons. The molecule has 1 fully saturated rings. The van der Waals surface area contributed by atoms with Crippen LogP contribution in [0.4, 0.5) is 0 Å². The lowest BCUT2D eigenvalue weighted by molar-refractivity contribution is -0.129. The molecule has 1 aliphatic rings. The highest BCUT2D eigenvalue weighted by molar-refractivity contribution is 8.00. The number of esters is 1. The number of hydrogen-bond acceptors (Lipinski definition) is 5. The van der Waals surface area contributed by atoms with Gasteiger partial charge in [-0.2, -0.15) is 0 Å². The summed E-state index contributed by atoms with van der Waals surface area (Å²) in [5, 5.41) is 2.75. The number of carbonyl (C=O) groups excluding carboxylic acids is 3. The number of rotatable bonds is 10. The molecule has 0 spiro atoms. The lowest BCUT2D eigenvalue weighted by Crippen LogP contribution is -2.39. The van der Waals surface area contributed by atoms with Crippen molar-refractivity contribution < 1.29 is 19.1 Å². The number of thioether (sulfide) groups is 1. The van der Waals surface area contributed by atoms with Gasteiger partial charge in [-0.25, -0.2) is 4.79 Å². The molecule has 1 N–H and O–H groups in total. The number of nitrogens with zero attached hydrogens (tertiary/aromatic N) is 1. The summed E-state index contributed by atoms with van der Waals surface area (Å²) in [6.07, 6.45) is 6.61. The molecule has 2 amide bonds. The van der Waals surface area contributed by atoms with Crippen LogP contribution in [0.15, 0.2) is 29.2 Å². The van der Waals surface area contributed by atoms with Gasteiger partial charge in [-0.05, 0) is 37.3 Å². The first-order chi connectivity index (χ1) is 14.4. The van der Waals surface area contributed by atoms with Crippen molar-refractivity contribution >= 4 is 29.5 Å². The molecule has 0 bridgehead atoms. The minimum absolute atomic E-state index is 0.0691. The molecule has 1 aliphatic carbocycles. The van der Waals surface area contributed by atoms with Crippen molar-refractivity contribution in [1.29, 1.82) is 0 Å². The fourth-order valence-corrected chi connectivity index (χ4v) is 4.40. The Kier molecular flexibility index (Phi) is 10.2. The number of carbonyl (C=O) groups is 3. The second kappa shape index (κ2) is 12.6. The fraction of sp³-hybridized carbons (Fsp3) is 0.609. The van der Waals surface area contributed by atoms with Crippen LogP contribution in [0.1, 0.15) is 62.7 Å². The first-order valence-corrected chi connectivity index (χ1v) is 11.8. The molecule has 0 aromatic heterocycles. The molecule has 7 heteroatoms. The Morgan fingerprint density at radius 1 is 1.17 bits per heavy atom. The van der Waals surface area contributed by atoms with Gasteiger partial charge in [-0.3, -0.25) is 9.59 Å². The molecule has 0 radical (unpaired) electrons. The maximum absolute atomic E-state index is 12.6. The van der Waals surface area contributed by atoms with Crippen LogP contribution >= 0.6 is 11.8 Å². The van der Waals surface area contributed by atoms with E-state index in [1.54, 1.807) is 18.2 Å². The van der Waals surface area contributed by atoms with Gasteiger partial charge in [0.05, 0.1) is 11.3 Å². The summed E-state index contributed by atoms with van der Waals surface area (Å²) in [4.78, 5) is 39.4. The molecule has 1 aromatic carbocycles. The van der Waals surface area contributed by atoms with Crippen molar-refractivity contribution in [3.05, 3.63) is 29.8 Å². The molecule has 0 saturated heterocycles. The Labute approximate surface area is 184 Å². The van der Waals surface area contributed by atoms with Crippen LogP contribution in [0, 0.1) is 5.92 Å². The predicted octanol–water partition coefficient (Wildman–Crippen LogP) is 3.89. The van der Waals surface area contributed by atoms with Gasteiger partial charge in [0.15, 0.2) is 6.61 Å². The zero-order valence-corrected chi connectivity index (χ0v) is 19.1. The summed E-state index contributed by atoms with van der Waals surface area (Å²) < 4.78 is 5.18. The monoisotopic (exact) mass is 434 g/mol. The van der Waals surface area contributed by atoms with Gasteiger partial charge in [0, 0.05) is 24.5 Å². The molecule has 0 atom stereocenters. The van der Waals surface area contributed by atoms with Gasteiger partial charge in [0.1, 0.15) is 0 Å². The summed E-state index contributed by atoms with van der Waals surface area (Å²) in [6, 6.07) is 7.36. The average Bonchev–Trinajstić information content (AvgIpc) is 2.75. The minimum Gasteiger partial charge on any atom is -0.452 e. The van der Waals surface area contributed by atoms with Gasteiger partial charge in [-0.1, -0.05) is 45.2 Å². The van der Waals surface area contributed by atoms with Crippen molar-refractivity contribution in [3.8, 4) is 0 Å². The largest absolute Gasteiger partial charge is 0.452 e. The van der Waals surface area contributed by atoms with Crippen LogP contribution in [0.5, 0.6) is 0 Å². The normalized spacial score (nSPS) is 14.4. The van der Waals surface area contributed by atoms with Crippen molar-refractivity contribution in [2.24, 2.45) is 5.92 Å². The molecule has 0 aliphatic heterocycles. The highest BCUT2D eigenvalue weighted by atomic mass is 32.2. The Balaban J connectivity index is 1.84. The summed E-state index contributed by atoms with van der Waals surface area (Å²) in [5.41, 5.74) is 0.380. The first-order valence-electron chi connectivity index (χ1n) is 10.8. The fourth-order valence-electron chi connectivity index (χ4n) is 3.43. The van der Waals surface area contributed by atoms with E-state index in [-0.39, 0.29) is 24.2 Å². The van der Waals surface area contributed by atoms with Crippen LogP contribution in [-0.2, 0) is 14.3 Å². The maximum Gasteiger partial charge on any atom is 0.339 e. The number of benzene rings is 1. The minimum atomic E-state index is -0.551. The number of hydrogen-bond donors (Lipinski definition) is 1. The third-order valence-corrected chi connectivity index (χ3v) is 6.41. The quantitative estimate of drug-likeness (QED) is 0.447. The number of nitrogens with one attached hydrogen (secondary N) is 1. The van der Waals surface area contributed by atoms with Gasteiger partial charge >= 0.3 is 5.97 Å². The highest BCUT2D eigenvalue weighted by Gasteiger charge is 2.23. The second-order valence-corrected chi connectivity index (χ2v) is 9.21. The molecule has 1 saturated carbocycles. The molecule has 0 heterocycles. The van der Waals surface area contributed by atoms with E-state index in [0.717, 1.165) is 19.3 Å². The number of amides is 2. The summed E-state index contributed by atoms with van der Waals surface area (Å²) in [5.74, 6) is -0.0210. The Bertz CT molecular complexity index is 717. The van der Waals surface area contributed by atoms with Gasteiger partial charge in [-0.15, -0.1) is 11.8 Å². The van der Waals surface area contributed by atoms with E-state index in [9.17, 15) is 14.4 Å². The average molecular weight is 435 g/mol. The lowest BCUT2D eigenvalue weighted by atomic mass is 9.94. The van der Waals surface area contributed by atoms with E-state index in [1.165, 1.54) is 31.0 Å². The van der Waals surface area contributed by atoms with E-state index in [1.807, 2.05) is 18.0 Å². The molecular weight excluding hydrogens is 400 g/mol. The molecule has 0 unspecified atom stereocenters. The third-order valence-electron chi connectivity index (χ3n) is 5.35. The van der Waals surface area contributed by atoms with Crippen LogP contribution in [0.3, 0.4) is 0 Å². The van der Waals surface area contributed by atoms with Gasteiger partial charge in [0.25, 0.3) is 5.91 Å². The van der Waals surface area contributed by atoms with Crippen LogP contribution in [-0.4, -0.2) is 54.7 Å². The summed E-state index contributed by atoms with van der Waals surface area (Å²) in [6.45, 7) is 4.42. The topological polar surface area (TPSA) is 75.7 Å².